The summed E-state index contributed by atoms with van der Waals surface area (Å²) in [5, 5.41) is 11.0. The van der Waals surface area contributed by atoms with Crippen molar-refractivity contribution in [3.05, 3.63) is 65.7 Å². The Morgan fingerprint density at radius 2 is 1.48 bits per heavy atom. The molecule has 0 aliphatic rings. The van der Waals surface area contributed by atoms with Gasteiger partial charge in [-0.3, -0.25) is 9.59 Å². The maximum absolute atomic E-state index is 12.0. The number of hydrogen-bond acceptors (Lipinski definition) is 3. The van der Waals surface area contributed by atoms with Crippen LogP contribution in [0.2, 0.25) is 0 Å². The lowest BCUT2D eigenvalue weighted by Crippen LogP contribution is -2.34. The molecule has 0 fully saturated rings. The van der Waals surface area contributed by atoms with E-state index in [2.05, 4.69) is 21.3 Å². The summed E-state index contributed by atoms with van der Waals surface area (Å²) in [6, 6.07) is 14.2. The Hall–Kier alpha value is -3.61. The van der Waals surface area contributed by atoms with Crippen LogP contribution >= 0.6 is 0 Å². The first kappa shape index (κ1) is 21.7. The highest BCUT2D eigenvalue weighted by atomic mass is 16.2. The Kier molecular flexibility index (Phi) is 7.97. The minimum atomic E-state index is -0.253. The number of nitrogens with one attached hydrogen (secondary N) is 4. The molecule has 7 nitrogen and oxygen atoms in total. The fourth-order valence-corrected chi connectivity index (χ4v) is 2.44. The van der Waals surface area contributed by atoms with Crippen LogP contribution in [0.4, 0.5) is 16.2 Å². The zero-order chi connectivity index (χ0) is 21.2. The fraction of sp³-hybridized carbons (Fsp3) is 0.227. The van der Waals surface area contributed by atoms with Crippen LogP contribution in [-0.4, -0.2) is 23.9 Å². The molecular formula is C22H26N4O3. The lowest BCUT2D eigenvalue weighted by Gasteiger charge is -2.10. The van der Waals surface area contributed by atoms with Gasteiger partial charge in [0.25, 0.3) is 0 Å². The molecule has 29 heavy (non-hydrogen) atoms. The van der Waals surface area contributed by atoms with Crippen LogP contribution in [0.3, 0.4) is 0 Å². The summed E-state index contributed by atoms with van der Waals surface area (Å²) in [7, 11) is 0. The Morgan fingerprint density at radius 1 is 0.897 bits per heavy atom. The molecule has 0 saturated heterocycles. The van der Waals surface area contributed by atoms with Crippen molar-refractivity contribution in [2.24, 2.45) is 0 Å². The Morgan fingerprint density at radius 3 is 2.07 bits per heavy atom. The Balaban J connectivity index is 1.80. The summed E-state index contributed by atoms with van der Waals surface area (Å²) in [5.41, 5.74) is 3.16. The van der Waals surface area contributed by atoms with E-state index in [1.807, 2.05) is 38.1 Å². The van der Waals surface area contributed by atoms with Crippen LogP contribution < -0.4 is 21.3 Å². The smallest absolute Gasteiger partial charge is 0.319 e. The van der Waals surface area contributed by atoms with Gasteiger partial charge < -0.3 is 21.3 Å². The quantitative estimate of drug-likeness (QED) is 0.541. The summed E-state index contributed by atoms with van der Waals surface area (Å²) in [6.45, 7) is 5.61. The molecule has 0 aliphatic carbocycles. The summed E-state index contributed by atoms with van der Waals surface area (Å²) in [5.74, 6) is -0.343. The van der Waals surface area contributed by atoms with Gasteiger partial charge in [-0.1, -0.05) is 24.3 Å². The molecule has 0 unspecified atom stereocenters. The van der Waals surface area contributed by atoms with Crippen molar-refractivity contribution in [3.63, 3.8) is 0 Å². The molecular weight excluding hydrogens is 368 g/mol. The third kappa shape index (κ3) is 8.30. The highest BCUT2D eigenvalue weighted by Crippen LogP contribution is 2.11. The van der Waals surface area contributed by atoms with Crippen LogP contribution in [0.15, 0.2) is 54.6 Å². The molecule has 0 atom stereocenters. The van der Waals surface area contributed by atoms with Crippen molar-refractivity contribution in [2.75, 3.05) is 10.6 Å². The summed E-state index contributed by atoms with van der Waals surface area (Å²) >= 11 is 0. The van der Waals surface area contributed by atoms with Crippen molar-refractivity contribution in [1.29, 1.82) is 0 Å². The average molecular weight is 394 g/mol. The van der Waals surface area contributed by atoms with Crippen molar-refractivity contribution in [3.8, 4) is 0 Å². The van der Waals surface area contributed by atoms with E-state index >= 15 is 0 Å². The van der Waals surface area contributed by atoms with E-state index in [4.69, 9.17) is 0 Å². The maximum atomic E-state index is 12.0. The molecule has 2 aromatic rings. The van der Waals surface area contributed by atoms with E-state index in [1.54, 1.807) is 30.3 Å². The van der Waals surface area contributed by atoms with Gasteiger partial charge in [0.1, 0.15) is 0 Å². The number of urea groups is 1. The molecule has 152 valence electrons. The second kappa shape index (κ2) is 10.7. The zero-order valence-electron chi connectivity index (χ0n) is 16.8. The van der Waals surface area contributed by atoms with Gasteiger partial charge in [-0.25, -0.2) is 4.79 Å². The normalized spacial score (nSPS) is 10.6. The van der Waals surface area contributed by atoms with Crippen LogP contribution in [0.25, 0.3) is 6.08 Å². The van der Waals surface area contributed by atoms with E-state index in [-0.39, 0.29) is 23.9 Å². The van der Waals surface area contributed by atoms with E-state index in [9.17, 15) is 14.4 Å². The highest BCUT2D eigenvalue weighted by molar-refractivity contribution is 5.92. The SMILES string of the molecule is CC(=O)Nc1ccc(/C=C/C(=O)NCc2ccc(NC(=O)NC(C)C)cc2)cc1. The van der Waals surface area contributed by atoms with Crippen LogP contribution in [0.5, 0.6) is 0 Å². The fourth-order valence-electron chi connectivity index (χ4n) is 2.44. The minimum Gasteiger partial charge on any atom is -0.348 e. The first-order chi connectivity index (χ1) is 13.8. The van der Waals surface area contributed by atoms with Crippen LogP contribution in [0.1, 0.15) is 31.9 Å². The summed E-state index contributed by atoms with van der Waals surface area (Å²) < 4.78 is 0. The number of carbonyl (C=O) groups is 3. The topological polar surface area (TPSA) is 99.3 Å². The molecule has 2 rings (SSSR count). The first-order valence-corrected chi connectivity index (χ1v) is 9.32. The molecule has 0 spiro atoms. The standard InChI is InChI=1S/C22H26N4O3/c1-15(2)24-22(29)26-20-11-6-18(7-12-20)14-23-21(28)13-8-17-4-9-19(10-5-17)25-16(3)27/h4-13,15H,14H2,1-3H3,(H,23,28)(H,25,27)(H2,24,26,29)/b13-8+. The van der Waals surface area contributed by atoms with Gasteiger partial charge in [-0.2, -0.15) is 0 Å². The second-order valence-corrected chi connectivity index (χ2v) is 6.80. The molecule has 2 aromatic carbocycles. The predicted molar refractivity (Wildman–Crippen MR) is 115 cm³/mol. The third-order valence-corrected chi connectivity index (χ3v) is 3.76. The minimum absolute atomic E-state index is 0.0627. The molecule has 0 saturated carbocycles. The van der Waals surface area contributed by atoms with E-state index < -0.39 is 0 Å². The zero-order valence-corrected chi connectivity index (χ0v) is 16.8. The monoisotopic (exact) mass is 394 g/mol. The van der Waals surface area contributed by atoms with Crippen LogP contribution in [-0.2, 0) is 16.1 Å². The average Bonchev–Trinajstić information content (AvgIpc) is 2.66. The summed E-state index contributed by atoms with van der Waals surface area (Å²) in [4.78, 5) is 34.7. The number of hydrogen-bond donors (Lipinski definition) is 4. The molecule has 0 heterocycles. The van der Waals surface area contributed by atoms with Crippen molar-refractivity contribution < 1.29 is 14.4 Å². The van der Waals surface area contributed by atoms with Gasteiger partial charge in [-0.15, -0.1) is 0 Å². The largest absolute Gasteiger partial charge is 0.348 e. The van der Waals surface area contributed by atoms with E-state index in [0.717, 1.165) is 11.1 Å². The number of anilines is 2. The predicted octanol–water partition coefficient (Wildman–Crippen LogP) is 3.50. The number of benzene rings is 2. The Labute approximate surface area is 170 Å². The molecule has 0 aliphatic heterocycles. The van der Waals surface area contributed by atoms with Gasteiger partial charge in [-0.05, 0) is 55.3 Å². The van der Waals surface area contributed by atoms with Crippen molar-refractivity contribution in [2.45, 2.75) is 33.4 Å². The third-order valence-electron chi connectivity index (χ3n) is 3.76. The number of amides is 4. The number of carbonyl (C=O) groups excluding carboxylic acids is 3. The van der Waals surface area contributed by atoms with E-state index in [0.29, 0.717) is 17.9 Å². The molecule has 0 aromatic heterocycles. The highest BCUT2D eigenvalue weighted by Gasteiger charge is 2.03. The molecule has 0 bridgehead atoms. The van der Waals surface area contributed by atoms with Crippen molar-refractivity contribution in [1.82, 2.24) is 10.6 Å². The van der Waals surface area contributed by atoms with Gasteiger partial charge in [0.2, 0.25) is 11.8 Å². The second-order valence-electron chi connectivity index (χ2n) is 6.80. The molecule has 4 N–H and O–H groups in total. The van der Waals surface area contributed by atoms with Gasteiger partial charge in [0, 0.05) is 37.0 Å². The molecule has 0 radical (unpaired) electrons. The molecule has 7 heteroatoms. The van der Waals surface area contributed by atoms with E-state index in [1.165, 1.54) is 13.0 Å². The first-order valence-electron chi connectivity index (χ1n) is 9.32. The van der Waals surface area contributed by atoms with Gasteiger partial charge in [0.15, 0.2) is 0 Å². The van der Waals surface area contributed by atoms with Crippen LogP contribution in [0, 0.1) is 0 Å². The maximum Gasteiger partial charge on any atom is 0.319 e. The van der Waals surface area contributed by atoms with Gasteiger partial charge >= 0.3 is 6.03 Å². The lowest BCUT2D eigenvalue weighted by molar-refractivity contribution is -0.116. The van der Waals surface area contributed by atoms with Crippen molar-refractivity contribution >= 4 is 35.3 Å². The molecule has 4 amide bonds. The number of rotatable bonds is 7. The Bertz CT molecular complexity index is 872. The van der Waals surface area contributed by atoms with Gasteiger partial charge in [0.05, 0.1) is 0 Å². The lowest BCUT2D eigenvalue weighted by atomic mass is 10.2. The summed E-state index contributed by atoms with van der Waals surface area (Å²) in [6.07, 6.45) is 3.16.